The van der Waals surface area contributed by atoms with Crippen molar-refractivity contribution in [2.45, 2.75) is 0 Å². The molecular weight excluding hydrogens is 364 g/mol. The molecule has 23 heavy (non-hydrogen) atoms. The van der Waals surface area contributed by atoms with Crippen molar-refractivity contribution < 1.29 is 19.1 Å². The van der Waals surface area contributed by atoms with Crippen LogP contribution in [0.25, 0.3) is 0 Å². The maximum absolute atomic E-state index is 11.8. The molecule has 6 nitrogen and oxygen atoms in total. The Labute approximate surface area is 141 Å². The summed E-state index contributed by atoms with van der Waals surface area (Å²) in [7, 11) is 0. The summed E-state index contributed by atoms with van der Waals surface area (Å²) in [5, 5.41) is 2.41. The Balaban J connectivity index is 1.77. The Morgan fingerprint density at radius 1 is 1.09 bits per heavy atom. The van der Waals surface area contributed by atoms with Crippen LogP contribution in [0.5, 0.6) is 5.75 Å². The van der Waals surface area contributed by atoms with E-state index in [1.807, 2.05) is 24.3 Å². The van der Waals surface area contributed by atoms with Crippen LogP contribution in [0.15, 0.2) is 53.0 Å². The minimum atomic E-state index is -0.662. The number of amides is 2. The number of esters is 1. The number of rotatable bonds is 6. The van der Waals surface area contributed by atoms with Crippen LogP contribution in [0, 0.1) is 0 Å². The number of anilines is 1. The Morgan fingerprint density at radius 2 is 1.83 bits per heavy atom. The molecule has 0 radical (unpaired) electrons. The topological polar surface area (TPSA) is 90.7 Å². The van der Waals surface area contributed by atoms with E-state index < -0.39 is 12.0 Å². The number of hydrogen-bond acceptors (Lipinski definition) is 4. The smallest absolute Gasteiger partial charge is 0.338 e. The van der Waals surface area contributed by atoms with Gasteiger partial charge in [-0.1, -0.05) is 22.0 Å². The van der Waals surface area contributed by atoms with E-state index in [9.17, 15) is 9.59 Å². The van der Waals surface area contributed by atoms with Crippen molar-refractivity contribution in [2.24, 2.45) is 5.73 Å². The summed E-state index contributed by atoms with van der Waals surface area (Å²) in [5.41, 5.74) is 5.89. The van der Waals surface area contributed by atoms with E-state index in [0.717, 1.165) is 4.47 Å². The van der Waals surface area contributed by atoms with Gasteiger partial charge in [0.2, 0.25) is 0 Å². The Morgan fingerprint density at radius 3 is 2.48 bits per heavy atom. The number of nitrogens with one attached hydrogen (secondary N) is 1. The molecule has 0 fully saturated rings. The highest BCUT2D eigenvalue weighted by molar-refractivity contribution is 9.10. The van der Waals surface area contributed by atoms with Gasteiger partial charge in [-0.05, 0) is 42.5 Å². The normalized spacial score (nSPS) is 9.96. The van der Waals surface area contributed by atoms with Crippen LogP contribution in [-0.4, -0.2) is 25.2 Å². The van der Waals surface area contributed by atoms with Crippen LogP contribution in [0.3, 0.4) is 0 Å². The molecule has 0 atom stereocenters. The summed E-state index contributed by atoms with van der Waals surface area (Å²) in [6.45, 7) is 0.385. The van der Waals surface area contributed by atoms with E-state index in [0.29, 0.717) is 17.0 Å². The zero-order chi connectivity index (χ0) is 16.7. The molecule has 0 aromatic heterocycles. The third-order valence-electron chi connectivity index (χ3n) is 2.77. The van der Waals surface area contributed by atoms with Gasteiger partial charge in [-0.2, -0.15) is 0 Å². The number of urea groups is 1. The van der Waals surface area contributed by atoms with Crippen molar-refractivity contribution in [1.82, 2.24) is 0 Å². The second kappa shape index (κ2) is 8.19. The fraction of sp³-hybridized carbons (Fsp3) is 0.125. The molecule has 2 amide bonds. The molecule has 2 rings (SSSR count). The molecule has 0 bridgehead atoms. The van der Waals surface area contributed by atoms with Gasteiger partial charge in [0.15, 0.2) is 0 Å². The monoisotopic (exact) mass is 378 g/mol. The molecule has 3 N–H and O–H groups in total. The molecule has 0 saturated heterocycles. The van der Waals surface area contributed by atoms with Crippen molar-refractivity contribution in [3.05, 3.63) is 58.6 Å². The maximum Gasteiger partial charge on any atom is 0.338 e. The zero-order valence-corrected chi connectivity index (χ0v) is 13.7. The van der Waals surface area contributed by atoms with Gasteiger partial charge >= 0.3 is 12.0 Å². The summed E-state index contributed by atoms with van der Waals surface area (Å²) in [4.78, 5) is 22.5. The van der Waals surface area contributed by atoms with Crippen LogP contribution in [0.1, 0.15) is 10.4 Å². The molecule has 0 saturated carbocycles. The first-order chi connectivity index (χ1) is 11.0. The minimum Gasteiger partial charge on any atom is -0.490 e. The predicted octanol–water partition coefficient (Wildman–Crippen LogP) is 3.18. The van der Waals surface area contributed by atoms with E-state index in [4.69, 9.17) is 15.2 Å². The first-order valence-corrected chi connectivity index (χ1v) is 7.56. The van der Waals surface area contributed by atoms with Crippen LogP contribution < -0.4 is 15.8 Å². The standard InChI is InChI=1S/C16H15BrN2O4/c17-12-2-1-3-14(10-12)22-8-9-23-15(20)11-4-6-13(7-5-11)19-16(18)21/h1-7,10H,8-9H2,(H3,18,19,21). The third kappa shape index (κ3) is 5.63. The quantitative estimate of drug-likeness (QED) is 0.596. The lowest BCUT2D eigenvalue weighted by Gasteiger charge is -2.08. The molecule has 0 aliphatic heterocycles. The molecule has 0 aliphatic rings. The van der Waals surface area contributed by atoms with E-state index >= 15 is 0 Å². The van der Waals surface area contributed by atoms with Crippen molar-refractivity contribution in [3.8, 4) is 5.75 Å². The molecule has 0 aliphatic carbocycles. The Bertz CT molecular complexity index is 689. The van der Waals surface area contributed by atoms with Gasteiger partial charge < -0.3 is 20.5 Å². The molecule has 0 unspecified atom stereocenters. The van der Waals surface area contributed by atoms with Gasteiger partial charge in [-0.15, -0.1) is 0 Å². The average Bonchev–Trinajstić information content (AvgIpc) is 2.51. The van der Waals surface area contributed by atoms with E-state index in [2.05, 4.69) is 21.2 Å². The molecule has 120 valence electrons. The van der Waals surface area contributed by atoms with Gasteiger partial charge in [0.25, 0.3) is 0 Å². The fourth-order valence-electron chi connectivity index (χ4n) is 1.77. The number of nitrogens with two attached hydrogens (primary N) is 1. The number of hydrogen-bond donors (Lipinski definition) is 2. The van der Waals surface area contributed by atoms with Crippen LogP contribution >= 0.6 is 15.9 Å². The highest BCUT2D eigenvalue weighted by atomic mass is 79.9. The minimum absolute atomic E-state index is 0.132. The van der Waals surface area contributed by atoms with Gasteiger partial charge in [0.05, 0.1) is 5.56 Å². The summed E-state index contributed by atoms with van der Waals surface area (Å²) in [6.07, 6.45) is 0. The molecule has 0 spiro atoms. The molecule has 7 heteroatoms. The zero-order valence-electron chi connectivity index (χ0n) is 12.1. The molecule has 2 aromatic rings. The number of ether oxygens (including phenoxy) is 2. The first kappa shape index (κ1) is 16.8. The summed E-state index contributed by atoms with van der Waals surface area (Å²) < 4.78 is 11.5. The van der Waals surface area contributed by atoms with Crippen molar-refractivity contribution in [3.63, 3.8) is 0 Å². The second-order valence-corrected chi connectivity index (χ2v) is 5.42. The van der Waals surface area contributed by atoms with Crippen molar-refractivity contribution in [2.75, 3.05) is 18.5 Å². The highest BCUT2D eigenvalue weighted by Crippen LogP contribution is 2.17. The lowest BCUT2D eigenvalue weighted by atomic mass is 10.2. The maximum atomic E-state index is 11.8. The SMILES string of the molecule is NC(=O)Nc1ccc(C(=O)OCCOc2cccc(Br)c2)cc1. The van der Waals surface area contributed by atoms with E-state index in [1.54, 1.807) is 24.3 Å². The molecular formula is C16H15BrN2O4. The van der Waals surface area contributed by atoms with Gasteiger partial charge in [0, 0.05) is 10.2 Å². The van der Waals surface area contributed by atoms with Crippen molar-refractivity contribution in [1.29, 1.82) is 0 Å². The summed E-state index contributed by atoms with van der Waals surface area (Å²) >= 11 is 3.35. The third-order valence-corrected chi connectivity index (χ3v) is 3.26. The second-order valence-electron chi connectivity index (χ2n) is 4.51. The number of carbonyl (C=O) groups excluding carboxylic acids is 2. The van der Waals surface area contributed by atoms with Crippen LogP contribution in [0.2, 0.25) is 0 Å². The lowest BCUT2D eigenvalue weighted by molar-refractivity contribution is 0.0450. The number of primary amides is 1. The number of halogens is 1. The summed E-state index contributed by atoms with van der Waals surface area (Å²) in [6, 6.07) is 13.0. The Kier molecular flexibility index (Phi) is 5.99. The van der Waals surface area contributed by atoms with Crippen LogP contribution in [-0.2, 0) is 4.74 Å². The number of carbonyl (C=O) groups is 2. The lowest BCUT2D eigenvalue weighted by Crippen LogP contribution is -2.19. The Hall–Kier alpha value is -2.54. The van der Waals surface area contributed by atoms with Crippen molar-refractivity contribution >= 4 is 33.6 Å². The predicted molar refractivity (Wildman–Crippen MR) is 89.6 cm³/mol. The van der Waals surface area contributed by atoms with Gasteiger partial charge in [-0.25, -0.2) is 9.59 Å². The first-order valence-electron chi connectivity index (χ1n) is 6.76. The van der Waals surface area contributed by atoms with E-state index in [1.165, 1.54) is 0 Å². The van der Waals surface area contributed by atoms with E-state index in [-0.39, 0.29) is 13.2 Å². The average molecular weight is 379 g/mol. The van der Waals surface area contributed by atoms with Gasteiger partial charge in [0.1, 0.15) is 19.0 Å². The fourth-order valence-corrected chi connectivity index (χ4v) is 2.14. The largest absolute Gasteiger partial charge is 0.490 e. The van der Waals surface area contributed by atoms with Gasteiger partial charge in [-0.3, -0.25) is 0 Å². The molecule has 2 aromatic carbocycles. The molecule has 0 heterocycles. The summed E-state index contributed by atoms with van der Waals surface area (Å²) in [5.74, 6) is 0.228. The number of benzene rings is 2. The highest BCUT2D eigenvalue weighted by Gasteiger charge is 2.07. The van der Waals surface area contributed by atoms with Crippen LogP contribution in [0.4, 0.5) is 10.5 Å².